The van der Waals surface area contributed by atoms with Crippen LogP contribution in [0.2, 0.25) is 0 Å². The van der Waals surface area contributed by atoms with Gasteiger partial charge in [-0.25, -0.2) is 4.79 Å². The highest BCUT2D eigenvalue weighted by Gasteiger charge is 2.60. The topological polar surface area (TPSA) is 122 Å². The van der Waals surface area contributed by atoms with Gasteiger partial charge in [-0.15, -0.1) is 0 Å². The Labute approximate surface area is 165 Å². The number of aryl methyl sites for hydroxylation is 1. The second-order valence-electron chi connectivity index (χ2n) is 6.87. The number of amides is 3. The Morgan fingerprint density at radius 3 is 2.79 bits per heavy atom. The van der Waals surface area contributed by atoms with E-state index in [0.717, 1.165) is 0 Å². The first-order valence-electron chi connectivity index (χ1n) is 8.95. The van der Waals surface area contributed by atoms with Gasteiger partial charge in [0.1, 0.15) is 5.76 Å². The number of rotatable bonds is 4. The molecule has 150 valence electrons. The summed E-state index contributed by atoms with van der Waals surface area (Å²) in [4.78, 5) is 53.1. The molecule has 1 N–H and O–H groups in total. The van der Waals surface area contributed by atoms with E-state index in [9.17, 15) is 19.2 Å². The van der Waals surface area contributed by atoms with Gasteiger partial charge in [0.15, 0.2) is 12.4 Å². The van der Waals surface area contributed by atoms with Crippen LogP contribution in [0.4, 0.5) is 11.5 Å². The van der Waals surface area contributed by atoms with Gasteiger partial charge in [0.2, 0.25) is 11.6 Å². The first kappa shape index (κ1) is 18.7. The SMILES string of the molecule is Cc1cc(NC(=O)COC(=O)[C@@]23CCC(=O)N2c2ccccc2C(=O)N3C)no1. The summed E-state index contributed by atoms with van der Waals surface area (Å²) in [5.41, 5.74) is -0.932. The minimum atomic E-state index is -1.62. The molecule has 3 heterocycles. The van der Waals surface area contributed by atoms with Crippen molar-refractivity contribution in [1.29, 1.82) is 0 Å². The number of benzene rings is 1. The molecule has 1 atom stereocenters. The van der Waals surface area contributed by atoms with Gasteiger partial charge in [0.25, 0.3) is 11.8 Å². The number of fused-ring (bicyclic) bond motifs is 3. The third-order valence-corrected chi connectivity index (χ3v) is 5.10. The first-order valence-corrected chi connectivity index (χ1v) is 8.95. The van der Waals surface area contributed by atoms with Crippen molar-refractivity contribution < 1.29 is 28.4 Å². The van der Waals surface area contributed by atoms with Gasteiger partial charge in [-0.05, 0) is 19.1 Å². The molecule has 4 rings (SSSR count). The van der Waals surface area contributed by atoms with E-state index in [4.69, 9.17) is 9.26 Å². The smallest absolute Gasteiger partial charge is 0.354 e. The zero-order chi connectivity index (χ0) is 20.8. The molecule has 1 saturated heterocycles. The molecule has 1 aromatic carbocycles. The average molecular weight is 398 g/mol. The maximum Gasteiger partial charge on any atom is 0.354 e. The molecular formula is C19H18N4O6. The highest BCUT2D eigenvalue weighted by molar-refractivity contribution is 6.15. The number of hydrogen-bond donors (Lipinski definition) is 1. The van der Waals surface area contributed by atoms with E-state index in [-0.39, 0.29) is 24.6 Å². The molecule has 29 heavy (non-hydrogen) atoms. The molecule has 0 bridgehead atoms. The lowest BCUT2D eigenvalue weighted by Gasteiger charge is -2.46. The molecule has 2 aliphatic rings. The van der Waals surface area contributed by atoms with Gasteiger partial charge in [0.05, 0.1) is 11.3 Å². The lowest BCUT2D eigenvalue weighted by atomic mass is 9.97. The fourth-order valence-electron chi connectivity index (χ4n) is 3.74. The number of hydrogen-bond acceptors (Lipinski definition) is 7. The number of carbonyl (C=O) groups excluding carboxylic acids is 4. The molecule has 2 aliphatic heterocycles. The number of ether oxygens (including phenoxy) is 1. The number of nitrogens with zero attached hydrogens (tertiary/aromatic N) is 3. The standard InChI is InChI=1S/C19H18N4O6/c1-11-9-14(21-29-11)20-15(24)10-28-18(27)19-8-7-16(25)23(19)13-6-4-3-5-12(13)17(26)22(19)2/h3-6,9H,7-8,10H2,1-2H3,(H,20,21,24)/t19-/m1/s1. The fourth-order valence-corrected chi connectivity index (χ4v) is 3.74. The van der Waals surface area contributed by atoms with Crippen LogP contribution < -0.4 is 10.2 Å². The van der Waals surface area contributed by atoms with Gasteiger partial charge >= 0.3 is 5.97 Å². The summed E-state index contributed by atoms with van der Waals surface area (Å²) in [5.74, 6) is -1.46. The largest absolute Gasteiger partial charge is 0.452 e. The second kappa shape index (κ2) is 6.73. The van der Waals surface area contributed by atoms with Crippen molar-refractivity contribution in [3.63, 3.8) is 0 Å². The number of carbonyl (C=O) groups is 4. The normalized spacial score (nSPS) is 20.3. The van der Waals surface area contributed by atoms with Crippen molar-refractivity contribution in [2.75, 3.05) is 23.9 Å². The molecule has 3 amide bonds. The van der Waals surface area contributed by atoms with Crippen molar-refractivity contribution in [3.8, 4) is 0 Å². The highest BCUT2D eigenvalue weighted by Crippen LogP contribution is 2.44. The lowest BCUT2D eigenvalue weighted by Crippen LogP contribution is -2.67. The molecule has 0 aliphatic carbocycles. The number of aromatic nitrogens is 1. The third kappa shape index (κ3) is 2.84. The van der Waals surface area contributed by atoms with Crippen LogP contribution >= 0.6 is 0 Å². The summed E-state index contributed by atoms with van der Waals surface area (Å²) in [6.45, 7) is 1.07. The summed E-state index contributed by atoms with van der Waals surface area (Å²) in [6, 6.07) is 8.10. The maximum absolute atomic E-state index is 13.0. The van der Waals surface area contributed by atoms with Crippen LogP contribution in [0.1, 0.15) is 29.0 Å². The molecule has 1 fully saturated rings. The molecule has 10 nitrogen and oxygen atoms in total. The Morgan fingerprint density at radius 2 is 2.07 bits per heavy atom. The molecular weight excluding hydrogens is 380 g/mol. The van der Waals surface area contributed by atoms with Crippen molar-refractivity contribution in [1.82, 2.24) is 10.1 Å². The average Bonchev–Trinajstić information content (AvgIpc) is 3.28. The number of anilines is 2. The van der Waals surface area contributed by atoms with E-state index in [0.29, 0.717) is 17.0 Å². The second-order valence-corrected chi connectivity index (χ2v) is 6.87. The van der Waals surface area contributed by atoms with Crippen molar-refractivity contribution in [2.45, 2.75) is 25.4 Å². The predicted molar refractivity (Wildman–Crippen MR) is 98.8 cm³/mol. The minimum Gasteiger partial charge on any atom is -0.452 e. The number of nitrogens with one attached hydrogen (secondary N) is 1. The van der Waals surface area contributed by atoms with E-state index in [2.05, 4.69) is 10.5 Å². The van der Waals surface area contributed by atoms with Crippen molar-refractivity contribution >= 4 is 35.2 Å². The van der Waals surface area contributed by atoms with Crippen LogP contribution in [0.15, 0.2) is 34.9 Å². The van der Waals surface area contributed by atoms with Crippen molar-refractivity contribution in [3.05, 3.63) is 41.7 Å². The third-order valence-electron chi connectivity index (χ3n) is 5.10. The molecule has 0 spiro atoms. The molecule has 10 heteroatoms. The van der Waals surface area contributed by atoms with Gasteiger partial charge in [-0.2, -0.15) is 0 Å². The van der Waals surface area contributed by atoms with Crippen molar-refractivity contribution in [2.24, 2.45) is 0 Å². The van der Waals surface area contributed by atoms with E-state index in [1.54, 1.807) is 31.2 Å². The van der Waals surface area contributed by atoms with Crippen LogP contribution in [0, 0.1) is 6.92 Å². The Kier molecular flexibility index (Phi) is 4.33. The van der Waals surface area contributed by atoms with Crippen LogP contribution in [0.3, 0.4) is 0 Å². The predicted octanol–water partition coefficient (Wildman–Crippen LogP) is 1.07. The van der Waals surface area contributed by atoms with Gasteiger partial charge < -0.3 is 19.5 Å². The Balaban J connectivity index is 1.57. The maximum atomic E-state index is 13.0. The summed E-state index contributed by atoms with van der Waals surface area (Å²) >= 11 is 0. The minimum absolute atomic E-state index is 0.0747. The van der Waals surface area contributed by atoms with Gasteiger partial charge in [-0.1, -0.05) is 17.3 Å². The molecule has 0 unspecified atom stereocenters. The molecule has 2 aromatic rings. The summed E-state index contributed by atoms with van der Waals surface area (Å²) in [5, 5.41) is 6.07. The fraction of sp³-hybridized carbons (Fsp3) is 0.316. The number of esters is 1. The number of likely N-dealkylation sites (N-methyl/N-ethyl adjacent to an activating group) is 1. The molecule has 0 radical (unpaired) electrons. The monoisotopic (exact) mass is 398 g/mol. The zero-order valence-corrected chi connectivity index (χ0v) is 15.8. The van der Waals surface area contributed by atoms with E-state index < -0.39 is 30.1 Å². The van der Waals surface area contributed by atoms with Crippen LogP contribution in [0.25, 0.3) is 0 Å². The van der Waals surface area contributed by atoms with Crippen LogP contribution in [-0.4, -0.2) is 53.1 Å². The van der Waals surface area contributed by atoms with Crippen LogP contribution in [0.5, 0.6) is 0 Å². The number of para-hydroxylation sites is 1. The van der Waals surface area contributed by atoms with E-state index in [1.165, 1.54) is 22.9 Å². The summed E-state index contributed by atoms with van der Waals surface area (Å²) in [7, 11) is 1.45. The summed E-state index contributed by atoms with van der Waals surface area (Å²) in [6.07, 6.45) is 0.150. The van der Waals surface area contributed by atoms with E-state index >= 15 is 0 Å². The quantitative estimate of drug-likeness (QED) is 0.765. The lowest BCUT2D eigenvalue weighted by molar-refractivity contribution is -0.158. The molecule has 0 saturated carbocycles. The Bertz CT molecular complexity index is 1030. The highest BCUT2D eigenvalue weighted by atomic mass is 16.5. The van der Waals surface area contributed by atoms with Gasteiger partial charge in [-0.3, -0.25) is 19.3 Å². The Hall–Kier alpha value is -3.69. The van der Waals surface area contributed by atoms with Crippen LogP contribution in [-0.2, 0) is 19.1 Å². The van der Waals surface area contributed by atoms with Gasteiger partial charge in [0, 0.05) is 26.0 Å². The molecule has 1 aromatic heterocycles. The summed E-state index contributed by atoms with van der Waals surface area (Å²) < 4.78 is 10.1. The van der Waals surface area contributed by atoms with E-state index in [1.807, 2.05) is 0 Å². The Morgan fingerprint density at radius 1 is 1.31 bits per heavy atom. The zero-order valence-electron chi connectivity index (χ0n) is 15.8. The first-order chi connectivity index (χ1) is 13.8.